The van der Waals surface area contributed by atoms with Gasteiger partial charge in [0.2, 0.25) is 11.8 Å². The second kappa shape index (κ2) is 9.20. The number of pyridine rings is 1. The van der Waals surface area contributed by atoms with Crippen molar-refractivity contribution in [1.82, 2.24) is 29.8 Å². The third-order valence-electron chi connectivity index (χ3n) is 5.80. The maximum atomic E-state index is 12.9. The number of aryl methyl sites for hydroxylation is 1. The quantitative estimate of drug-likeness (QED) is 0.435. The van der Waals surface area contributed by atoms with Crippen LogP contribution in [0.1, 0.15) is 36.0 Å². The van der Waals surface area contributed by atoms with Crippen LogP contribution in [-0.4, -0.2) is 48.8 Å². The number of piperidine rings is 1. The Hall–Kier alpha value is -4.07. The molecule has 1 aromatic carbocycles. The first-order valence-electron chi connectivity index (χ1n) is 11.0. The van der Waals surface area contributed by atoms with E-state index in [4.69, 9.17) is 9.62 Å². The van der Waals surface area contributed by atoms with Crippen molar-refractivity contribution >= 4 is 12.0 Å². The van der Waals surface area contributed by atoms with Crippen molar-refractivity contribution in [2.45, 2.75) is 25.7 Å². The molecule has 0 unspecified atom stereocenters. The number of hydrogen-bond acceptors (Lipinski definition) is 6. The predicted molar refractivity (Wildman–Crippen MR) is 123 cm³/mol. The van der Waals surface area contributed by atoms with Crippen LogP contribution in [0.2, 0.25) is 0 Å². The van der Waals surface area contributed by atoms with E-state index in [9.17, 15) is 4.79 Å². The number of para-hydroxylation sites is 1. The highest BCUT2D eigenvalue weighted by molar-refractivity contribution is 5.93. The zero-order valence-corrected chi connectivity index (χ0v) is 18.3. The topological polar surface area (TPSA) is 89.9 Å². The van der Waals surface area contributed by atoms with Crippen LogP contribution in [0, 0.1) is 6.92 Å². The van der Waals surface area contributed by atoms with Gasteiger partial charge in [0.05, 0.1) is 5.69 Å². The average Bonchev–Trinajstić information content (AvgIpc) is 3.50. The van der Waals surface area contributed by atoms with Gasteiger partial charge < -0.3 is 9.42 Å². The summed E-state index contributed by atoms with van der Waals surface area (Å²) in [5.74, 6) is 1.51. The summed E-state index contributed by atoms with van der Waals surface area (Å²) in [5.41, 5.74) is 3.49. The van der Waals surface area contributed by atoms with Gasteiger partial charge in [0.25, 0.3) is 0 Å². The molecule has 1 amide bonds. The molecule has 166 valence electrons. The largest absolute Gasteiger partial charge is 0.339 e. The number of carbonyl (C=O) groups excluding carboxylic acids is 1. The normalized spacial score (nSPS) is 14.8. The fraction of sp³-hybridized carbons (Fsp3) is 0.240. The lowest BCUT2D eigenvalue weighted by atomic mass is 9.96. The van der Waals surface area contributed by atoms with Crippen molar-refractivity contribution in [3.63, 3.8) is 0 Å². The van der Waals surface area contributed by atoms with E-state index in [1.807, 2.05) is 71.2 Å². The van der Waals surface area contributed by atoms with Gasteiger partial charge in [0.15, 0.2) is 5.82 Å². The second-order valence-electron chi connectivity index (χ2n) is 8.07. The Kier molecular flexibility index (Phi) is 5.80. The fourth-order valence-corrected chi connectivity index (χ4v) is 4.04. The lowest BCUT2D eigenvalue weighted by Gasteiger charge is -2.29. The summed E-state index contributed by atoms with van der Waals surface area (Å²) in [7, 11) is 0. The molecule has 4 aromatic rings. The molecule has 5 rings (SSSR count). The molecule has 0 spiro atoms. The number of likely N-dealkylation sites (tertiary alicyclic amines) is 1. The molecule has 1 saturated heterocycles. The number of amides is 1. The zero-order chi connectivity index (χ0) is 22.6. The minimum Gasteiger partial charge on any atom is -0.339 e. The van der Waals surface area contributed by atoms with Crippen LogP contribution in [0.3, 0.4) is 0 Å². The third-order valence-corrected chi connectivity index (χ3v) is 5.80. The number of rotatable bonds is 5. The molecular weight excluding hydrogens is 416 g/mol. The van der Waals surface area contributed by atoms with E-state index < -0.39 is 0 Å². The lowest BCUT2D eigenvalue weighted by molar-refractivity contribution is -0.127. The summed E-state index contributed by atoms with van der Waals surface area (Å²) in [6, 6.07) is 13.7. The van der Waals surface area contributed by atoms with Crippen LogP contribution in [0.5, 0.6) is 0 Å². The maximum Gasteiger partial charge on any atom is 0.246 e. The van der Waals surface area contributed by atoms with Crippen LogP contribution in [0.15, 0.2) is 71.7 Å². The van der Waals surface area contributed by atoms with Crippen LogP contribution in [-0.2, 0) is 4.79 Å². The zero-order valence-electron chi connectivity index (χ0n) is 18.3. The Morgan fingerprint density at radius 3 is 2.64 bits per heavy atom. The Morgan fingerprint density at radius 2 is 1.94 bits per heavy atom. The molecule has 0 radical (unpaired) electrons. The van der Waals surface area contributed by atoms with E-state index >= 15 is 0 Å². The summed E-state index contributed by atoms with van der Waals surface area (Å²) < 4.78 is 7.13. The lowest BCUT2D eigenvalue weighted by Crippen LogP contribution is -2.36. The summed E-state index contributed by atoms with van der Waals surface area (Å²) in [6.45, 7) is 3.14. The summed E-state index contributed by atoms with van der Waals surface area (Å²) in [5, 5.41) is 8.64. The standard InChI is InChI=1S/C25H24N6O2/c1-18-27-25(33-29-18)19-11-14-30(15-12-19)23(32)10-9-21-17-31(22-7-3-2-4-8-22)28-24(21)20-6-5-13-26-16-20/h2-10,13,16-17,19H,11-12,14-15H2,1H3. The van der Waals surface area contributed by atoms with Crippen molar-refractivity contribution in [3.05, 3.63) is 84.4 Å². The van der Waals surface area contributed by atoms with Gasteiger partial charge in [0, 0.05) is 54.8 Å². The Labute approximate surface area is 191 Å². The number of nitrogens with zero attached hydrogens (tertiary/aromatic N) is 6. The highest BCUT2D eigenvalue weighted by Gasteiger charge is 2.26. The molecule has 8 heteroatoms. The van der Waals surface area contributed by atoms with Gasteiger partial charge in [-0.2, -0.15) is 10.1 Å². The Balaban J connectivity index is 1.33. The third kappa shape index (κ3) is 4.59. The maximum absolute atomic E-state index is 12.9. The van der Waals surface area contributed by atoms with Crippen molar-refractivity contribution in [1.29, 1.82) is 0 Å². The predicted octanol–water partition coefficient (Wildman–Crippen LogP) is 4.05. The van der Waals surface area contributed by atoms with Crippen LogP contribution in [0.25, 0.3) is 23.0 Å². The van der Waals surface area contributed by atoms with Gasteiger partial charge >= 0.3 is 0 Å². The molecule has 0 atom stereocenters. The van der Waals surface area contributed by atoms with E-state index in [0.717, 1.165) is 35.3 Å². The molecule has 0 N–H and O–H groups in total. The van der Waals surface area contributed by atoms with Crippen molar-refractivity contribution in [2.75, 3.05) is 13.1 Å². The SMILES string of the molecule is Cc1noc(C2CCN(C(=O)C=Cc3cn(-c4ccccc4)nc3-c3cccnc3)CC2)n1. The molecule has 1 aliphatic rings. The molecule has 3 aromatic heterocycles. The summed E-state index contributed by atoms with van der Waals surface area (Å²) >= 11 is 0. The van der Waals surface area contributed by atoms with E-state index in [-0.39, 0.29) is 11.8 Å². The highest BCUT2D eigenvalue weighted by atomic mass is 16.5. The minimum atomic E-state index is -0.0141. The molecule has 8 nitrogen and oxygen atoms in total. The first kappa shape index (κ1) is 20.8. The first-order chi connectivity index (χ1) is 16.2. The molecule has 0 bridgehead atoms. The van der Waals surface area contributed by atoms with Gasteiger partial charge in [-0.15, -0.1) is 0 Å². The first-order valence-corrected chi connectivity index (χ1v) is 11.0. The minimum absolute atomic E-state index is 0.0141. The van der Waals surface area contributed by atoms with Gasteiger partial charge in [0.1, 0.15) is 5.69 Å². The molecule has 4 heterocycles. The molecule has 0 saturated carbocycles. The number of aromatic nitrogens is 5. The van der Waals surface area contributed by atoms with Crippen molar-refractivity contribution < 1.29 is 9.32 Å². The van der Waals surface area contributed by atoms with Gasteiger partial charge in [-0.25, -0.2) is 4.68 Å². The average molecular weight is 441 g/mol. The number of hydrogen-bond donors (Lipinski definition) is 0. The van der Waals surface area contributed by atoms with E-state index in [1.165, 1.54) is 0 Å². The monoisotopic (exact) mass is 440 g/mol. The van der Waals surface area contributed by atoms with Gasteiger partial charge in [-0.3, -0.25) is 9.78 Å². The summed E-state index contributed by atoms with van der Waals surface area (Å²) in [6.07, 6.45) is 10.5. The van der Waals surface area contributed by atoms with E-state index in [2.05, 4.69) is 15.1 Å². The van der Waals surface area contributed by atoms with Crippen LogP contribution in [0.4, 0.5) is 0 Å². The number of benzene rings is 1. The van der Waals surface area contributed by atoms with Crippen LogP contribution >= 0.6 is 0 Å². The number of carbonyl (C=O) groups is 1. The molecule has 1 fully saturated rings. The van der Waals surface area contributed by atoms with E-state index in [0.29, 0.717) is 24.8 Å². The highest BCUT2D eigenvalue weighted by Crippen LogP contribution is 2.27. The van der Waals surface area contributed by atoms with Gasteiger partial charge in [-0.05, 0) is 50.1 Å². The smallest absolute Gasteiger partial charge is 0.246 e. The Morgan fingerprint density at radius 1 is 1.12 bits per heavy atom. The molecular formula is C25H24N6O2. The molecule has 1 aliphatic heterocycles. The van der Waals surface area contributed by atoms with Crippen molar-refractivity contribution in [3.8, 4) is 16.9 Å². The van der Waals surface area contributed by atoms with E-state index in [1.54, 1.807) is 18.5 Å². The van der Waals surface area contributed by atoms with Crippen molar-refractivity contribution in [2.24, 2.45) is 0 Å². The Bertz CT molecular complexity index is 1250. The fourth-order valence-electron chi connectivity index (χ4n) is 4.04. The van der Waals surface area contributed by atoms with Crippen LogP contribution < -0.4 is 0 Å². The molecule has 0 aliphatic carbocycles. The second-order valence-corrected chi connectivity index (χ2v) is 8.07. The van der Waals surface area contributed by atoms with Gasteiger partial charge in [-0.1, -0.05) is 23.4 Å². The summed E-state index contributed by atoms with van der Waals surface area (Å²) in [4.78, 5) is 23.3. The molecule has 33 heavy (non-hydrogen) atoms.